The molecule has 9 nitrogen and oxygen atoms in total. The van der Waals surface area contributed by atoms with Gasteiger partial charge in [-0.25, -0.2) is 0 Å². The van der Waals surface area contributed by atoms with E-state index in [9.17, 15) is 0 Å². The highest BCUT2D eigenvalue weighted by molar-refractivity contribution is 7.00. The molecular weight excluding hydrogens is 831 g/mol. The van der Waals surface area contributed by atoms with Gasteiger partial charge in [0.05, 0.1) is 0 Å². The first kappa shape index (κ1) is 35.2. The molecule has 0 unspecified atom stereocenters. The fourth-order valence-corrected chi connectivity index (χ4v) is 10.9. The van der Waals surface area contributed by atoms with Crippen LogP contribution in [-0.4, -0.2) is 21.7 Å². The minimum Gasteiger partial charge on any atom is -0.458 e. The Morgan fingerprint density at radius 2 is 0.746 bits per heavy atom. The minimum atomic E-state index is -0.182. The third kappa shape index (κ3) is 4.90. The van der Waals surface area contributed by atoms with Crippen LogP contribution in [0.25, 0.3) is 99.6 Å². The standard InChI is InChI=1S/C57H29BN4O5/c1-2-7-36(8-3-1)62-40-24-33(30-12-15-42-37(21-30)55-45(63-42)9-4-18-59-55)26-48-52(40)58-53-41(62)25-34(31-13-16-43-38(22-31)56-46(64-43)10-5-19-60-56)27-49(53)67-51-29-35(28-50(66-48)54(51)58)32-14-17-44-39(23-32)57-47(65-44)11-6-20-61-57/h1-29H. The van der Waals surface area contributed by atoms with Gasteiger partial charge in [0.15, 0.2) is 16.7 Å². The molecule has 0 bridgehead atoms. The Hall–Kier alpha value is -9.15. The molecule has 310 valence electrons. The largest absolute Gasteiger partial charge is 0.458 e. The number of nitrogens with zero attached hydrogens (tertiary/aromatic N) is 4. The van der Waals surface area contributed by atoms with E-state index >= 15 is 0 Å². The summed E-state index contributed by atoms with van der Waals surface area (Å²) in [5.41, 5.74) is 19.4. The fraction of sp³-hybridized carbons (Fsp3) is 0. The molecule has 16 rings (SSSR count). The van der Waals surface area contributed by atoms with E-state index in [1.165, 1.54) is 0 Å². The van der Waals surface area contributed by atoms with Crippen molar-refractivity contribution < 1.29 is 22.7 Å². The zero-order valence-electron chi connectivity index (χ0n) is 35.2. The lowest BCUT2D eigenvalue weighted by molar-refractivity contribution is 0.465. The molecule has 3 aliphatic heterocycles. The third-order valence-corrected chi connectivity index (χ3v) is 13.8. The summed E-state index contributed by atoms with van der Waals surface area (Å²) < 4.78 is 33.1. The van der Waals surface area contributed by atoms with Crippen molar-refractivity contribution in [2.24, 2.45) is 0 Å². The average Bonchev–Trinajstić information content (AvgIpc) is 4.07. The number of anilines is 3. The summed E-state index contributed by atoms with van der Waals surface area (Å²) in [5.74, 6) is 3.08. The topological polar surface area (TPSA) is 99.8 Å². The molecular formula is C57H29BN4O5. The maximum Gasteiger partial charge on any atom is 0.266 e. The van der Waals surface area contributed by atoms with Crippen molar-refractivity contribution in [3.63, 3.8) is 0 Å². The first-order valence-corrected chi connectivity index (χ1v) is 22.2. The Bertz CT molecular complexity index is 4130. The van der Waals surface area contributed by atoms with Crippen molar-refractivity contribution in [1.29, 1.82) is 0 Å². The number of hydrogen-bond donors (Lipinski definition) is 0. The van der Waals surface area contributed by atoms with E-state index in [2.05, 4.69) is 113 Å². The number of aromatic nitrogens is 3. The van der Waals surface area contributed by atoms with Crippen molar-refractivity contribution in [1.82, 2.24) is 15.0 Å². The molecule has 0 spiro atoms. The van der Waals surface area contributed by atoms with Gasteiger partial charge in [-0.3, -0.25) is 15.0 Å². The van der Waals surface area contributed by atoms with Crippen LogP contribution >= 0.6 is 0 Å². The summed E-state index contributed by atoms with van der Waals surface area (Å²) >= 11 is 0. The Labute approximate surface area is 380 Å². The average molecular weight is 861 g/mol. The van der Waals surface area contributed by atoms with Crippen LogP contribution in [0.2, 0.25) is 0 Å². The van der Waals surface area contributed by atoms with Crippen LogP contribution < -0.4 is 30.8 Å². The zero-order chi connectivity index (χ0) is 43.5. The van der Waals surface area contributed by atoms with Gasteiger partial charge in [0.1, 0.15) is 56.3 Å². The predicted octanol–water partition coefficient (Wildman–Crippen LogP) is 13.1. The van der Waals surface area contributed by atoms with E-state index in [1.807, 2.05) is 67.0 Å². The van der Waals surface area contributed by atoms with Gasteiger partial charge in [-0.1, -0.05) is 36.4 Å². The van der Waals surface area contributed by atoms with Crippen molar-refractivity contribution in [3.8, 4) is 56.4 Å². The number of hydrogen-bond acceptors (Lipinski definition) is 9. The van der Waals surface area contributed by atoms with Crippen molar-refractivity contribution in [2.45, 2.75) is 0 Å². The molecule has 0 radical (unpaired) electrons. The number of pyridine rings is 3. The summed E-state index contributed by atoms with van der Waals surface area (Å²) in [6.07, 6.45) is 5.42. The molecule has 0 atom stereocenters. The van der Waals surface area contributed by atoms with Crippen molar-refractivity contribution >= 4 is 106 Å². The van der Waals surface area contributed by atoms with Crippen LogP contribution in [0.3, 0.4) is 0 Å². The molecule has 6 aromatic heterocycles. The fourth-order valence-electron chi connectivity index (χ4n) is 10.9. The maximum absolute atomic E-state index is 7.22. The van der Waals surface area contributed by atoms with Gasteiger partial charge in [0.2, 0.25) is 0 Å². The van der Waals surface area contributed by atoms with Gasteiger partial charge in [0, 0.05) is 57.3 Å². The van der Waals surface area contributed by atoms with E-state index < -0.39 is 0 Å². The van der Waals surface area contributed by atoms with Crippen LogP contribution in [-0.2, 0) is 0 Å². The molecule has 0 aliphatic carbocycles. The van der Waals surface area contributed by atoms with Crippen LogP contribution in [0.4, 0.5) is 17.1 Å². The Balaban J connectivity index is 0.961. The van der Waals surface area contributed by atoms with E-state index in [0.29, 0.717) is 0 Å². The van der Waals surface area contributed by atoms with Crippen molar-refractivity contribution in [2.75, 3.05) is 4.90 Å². The highest BCUT2D eigenvalue weighted by Gasteiger charge is 2.48. The molecule has 9 heterocycles. The number of benzene rings is 7. The third-order valence-electron chi connectivity index (χ3n) is 13.8. The first-order valence-electron chi connectivity index (χ1n) is 22.2. The van der Waals surface area contributed by atoms with Gasteiger partial charge < -0.3 is 27.6 Å². The summed E-state index contributed by atoms with van der Waals surface area (Å²) in [4.78, 5) is 16.5. The molecule has 3 aliphatic rings. The molecule has 67 heavy (non-hydrogen) atoms. The lowest BCUT2D eigenvalue weighted by Crippen LogP contribution is -2.61. The van der Waals surface area contributed by atoms with Gasteiger partial charge in [-0.2, -0.15) is 0 Å². The normalized spacial score (nSPS) is 13.3. The van der Waals surface area contributed by atoms with Gasteiger partial charge in [0.25, 0.3) is 6.71 Å². The molecule has 7 aromatic carbocycles. The molecule has 10 heteroatoms. The number of rotatable bonds is 4. The van der Waals surface area contributed by atoms with Gasteiger partial charge in [-0.15, -0.1) is 0 Å². The summed E-state index contributed by atoms with van der Waals surface area (Å²) in [7, 11) is 0. The van der Waals surface area contributed by atoms with Crippen LogP contribution in [0.1, 0.15) is 0 Å². The first-order chi connectivity index (χ1) is 33.1. The Morgan fingerprint density at radius 1 is 0.343 bits per heavy atom. The molecule has 0 saturated heterocycles. The lowest BCUT2D eigenvalue weighted by atomic mass is 9.33. The smallest absolute Gasteiger partial charge is 0.266 e. The summed E-state index contributed by atoms with van der Waals surface area (Å²) in [5, 5.41) is 2.86. The van der Waals surface area contributed by atoms with Crippen LogP contribution in [0, 0.1) is 0 Å². The summed E-state index contributed by atoms with van der Waals surface area (Å²) in [6.45, 7) is -0.182. The highest BCUT2D eigenvalue weighted by Crippen LogP contribution is 2.50. The molecule has 13 aromatic rings. The second-order valence-electron chi connectivity index (χ2n) is 17.5. The number of furan rings is 3. The van der Waals surface area contributed by atoms with E-state index in [4.69, 9.17) is 32.7 Å². The van der Waals surface area contributed by atoms with Gasteiger partial charge >= 0.3 is 0 Å². The Kier molecular flexibility index (Phi) is 6.72. The van der Waals surface area contributed by atoms with Crippen LogP contribution in [0.5, 0.6) is 23.0 Å². The second kappa shape index (κ2) is 12.8. The number of ether oxygens (including phenoxy) is 2. The highest BCUT2D eigenvalue weighted by atomic mass is 16.5. The molecule has 0 fully saturated rings. The minimum absolute atomic E-state index is 0.182. The second-order valence-corrected chi connectivity index (χ2v) is 17.5. The number of fused-ring (bicyclic) bond motifs is 9. The lowest BCUT2D eigenvalue weighted by Gasteiger charge is -2.43. The van der Waals surface area contributed by atoms with E-state index in [-0.39, 0.29) is 6.71 Å². The Morgan fingerprint density at radius 3 is 1.18 bits per heavy atom. The van der Waals surface area contributed by atoms with Gasteiger partial charge in [-0.05, 0) is 166 Å². The van der Waals surface area contributed by atoms with Crippen LogP contribution in [0.15, 0.2) is 190 Å². The van der Waals surface area contributed by atoms with Crippen molar-refractivity contribution in [3.05, 3.63) is 176 Å². The van der Waals surface area contributed by atoms with E-state index in [0.717, 1.165) is 156 Å². The zero-order valence-corrected chi connectivity index (χ0v) is 35.2. The summed E-state index contributed by atoms with van der Waals surface area (Å²) in [6, 6.07) is 54.4. The molecule has 0 amide bonds. The quantitative estimate of drug-likeness (QED) is 0.160. The SMILES string of the molecule is c1ccc(N2c3cc(-c4ccc5oc6cccnc6c5c4)cc4c3B3c5c(cc(-c6ccc7oc8cccnc8c7c6)cc5Oc5cc(-c6ccc7oc8cccnc8c7c6)cc2c53)O4)cc1. The number of para-hydroxylation sites is 1. The molecule has 0 saturated carbocycles. The predicted molar refractivity (Wildman–Crippen MR) is 264 cm³/mol. The maximum atomic E-state index is 7.22. The monoisotopic (exact) mass is 860 g/mol. The molecule has 0 N–H and O–H groups in total. The van der Waals surface area contributed by atoms with E-state index in [1.54, 1.807) is 6.20 Å².